The van der Waals surface area contributed by atoms with E-state index in [2.05, 4.69) is 20.3 Å². The lowest BCUT2D eigenvalue weighted by atomic mass is 10.1. The zero-order valence-electron chi connectivity index (χ0n) is 10.8. The molecule has 0 aliphatic rings. The molecule has 0 saturated carbocycles. The molecule has 0 aliphatic carbocycles. The smallest absolute Gasteiger partial charge is 0.251 e. The number of nitrogens with zero attached hydrogens (tertiary/aromatic N) is 2. The molecule has 100 valence electrons. The van der Waals surface area contributed by atoms with E-state index in [1.165, 1.54) is 0 Å². The number of nitrogens with two attached hydrogens (primary N) is 1. The first-order valence-electron chi connectivity index (χ1n) is 6.19. The first-order chi connectivity index (χ1) is 9.24. The molecule has 2 heterocycles. The third kappa shape index (κ3) is 3.17. The van der Waals surface area contributed by atoms with Crippen LogP contribution in [0, 0.1) is 0 Å². The Kier molecular flexibility index (Phi) is 4.25. The van der Waals surface area contributed by atoms with Crippen LogP contribution in [0.2, 0.25) is 0 Å². The molecule has 4 N–H and O–H groups in total. The summed E-state index contributed by atoms with van der Waals surface area (Å²) in [7, 11) is 0. The summed E-state index contributed by atoms with van der Waals surface area (Å²) in [5.41, 5.74) is 6.76. The topological polar surface area (TPSA) is 96.7 Å². The minimum absolute atomic E-state index is 0.128. The van der Waals surface area contributed by atoms with Gasteiger partial charge in [-0.15, -0.1) is 0 Å². The molecule has 0 radical (unpaired) electrons. The number of H-pyrrole nitrogens is 1. The van der Waals surface area contributed by atoms with E-state index >= 15 is 0 Å². The van der Waals surface area contributed by atoms with Gasteiger partial charge in [0, 0.05) is 30.7 Å². The van der Waals surface area contributed by atoms with Crippen molar-refractivity contribution < 1.29 is 4.79 Å². The Balaban J connectivity index is 2.11. The summed E-state index contributed by atoms with van der Waals surface area (Å²) in [5, 5.41) is 2.94. The van der Waals surface area contributed by atoms with Crippen LogP contribution in [0.3, 0.4) is 0 Å². The Morgan fingerprint density at radius 3 is 2.95 bits per heavy atom. The molecule has 0 aromatic carbocycles. The Hall–Kier alpha value is -2.21. The van der Waals surface area contributed by atoms with Crippen molar-refractivity contribution in [2.45, 2.75) is 25.9 Å². The second-order valence-corrected chi connectivity index (χ2v) is 4.15. The average Bonchev–Trinajstić information content (AvgIpc) is 2.98. The van der Waals surface area contributed by atoms with Crippen molar-refractivity contribution in [3.63, 3.8) is 0 Å². The number of carbonyl (C=O) groups excluding carboxylic acids is 1. The molecule has 0 spiro atoms. The van der Waals surface area contributed by atoms with Crippen LogP contribution in [0.1, 0.15) is 41.3 Å². The molecule has 2 aromatic heterocycles. The molecule has 2 rings (SSSR count). The van der Waals surface area contributed by atoms with Crippen molar-refractivity contribution in [2.75, 3.05) is 0 Å². The van der Waals surface area contributed by atoms with E-state index in [0.717, 1.165) is 12.2 Å². The van der Waals surface area contributed by atoms with Gasteiger partial charge in [0.2, 0.25) is 0 Å². The third-order valence-electron chi connectivity index (χ3n) is 2.85. The van der Waals surface area contributed by atoms with Crippen molar-refractivity contribution >= 4 is 5.91 Å². The standard InChI is InChI=1S/C13H17N5O/c1-2-11(12-16-5-6-17-12)18-13(19)9-3-4-15-10(7-9)8-14/h3-7,11H,2,8,14H2,1H3,(H,16,17)(H,18,19). The molecule has 1 atom stereocenters. The van der Waals surface area contributed by atoms with Gasteiger partial charge >= 0.3 is 0 Å². The summed E-state index contributed by atoms with van der Waals surface area (Å²) < 4.78 is 0. The van der Waals surface area contributed by atoms with Gasteiger partial charge < -0.3 is 16.0 Å². The van der Waals surface area contributed by atoms with E-state index in [4.69, 9.17) is 5.73 Å². The lowest BCUT2D eigenvalue weighted by molar-refractivity contribution is 0.0933. The van der Waals surface area contributed by atoms with Gasteiger partial charge in [-0.3, -0.25) is 9.78 Å². The third-order valence-corrected chi connectivity index (χ3v) is 2.85. The van der Waals surface area contributed by atoms with Crippen molar-refractivity contribution in [2.24, 2.45) is 5.73 Å². The quantitative estimate of drug-likeness (QED) is 0.750. The Morgan fingerprint density at radius 1 is 1.47 bits per heavy atom. The number of aromatic nitrogens is 3. The first-order valence-corrected chi connectivity index (χ1v) is 6.19. The molecule has 6 nitrogen and oxygen atoms in total. The fraction of sp³-hybridized carbons (Fsp3) is 0.308. The summed E-state index contributed by atoms with van der Waals surface area (Å²) in [4.78, 5) is 23.4. The van der Waals surface area contributed by atoms with Crippen molar-refractivity contribution in [1.82, 2.24) is 20.3 Å². The van der Waals surface area contributed by atoms with Gasteiger partial charge in [-0.05, 0) is 18.6 Å². The minimum atomic E-state index is -0.152. The van der Waals surface area contributed by atoms with Crippen LogP contribution in [-0.4, -0.2) is 20.9 Å². The van der Waals surface area contributed by atoms with Crippen LogP contribution in [-0.2, 0) is 6.54 Å². The number of hydrogen-bond donors (Lipinski definition) is 3. The highest BCUT2D eigenvalue weighted by atomic mass is 16.1. The van der Waals surface area contributed by atoms with Crippen LogP contribution in [0.4, 0.5) is 0 Å². The van der Waals surface area contributed by atoms with E-state index in [1.807, 2.05) is 6.92 Å². The minimum Gasteiger partial charge on any atom is -0.347 e. The van der Waals surface area contributed by atoms with Crippen molar-refractivity contribution in [3.05, 3.63) is 47.8 Å². The molecule has 0 saturated heterocycles. The Morgan fingerprint density at radius 2 is 2.32 bits per heavy atom. The molecule has 0 aliphatic heterocycles. The van der Waals surface area contributed by atoms with Gasteiger partial charge in [-0.2, -0.15) is 0 Å². The number of nitrogens with one attached hydrogen (secondary N) is 2. The molecule has 0 bridgehead atoms. The van der Waals surface area contributed by atoms with Crippen LogP contribution < -0.4 is 11.1 Å². The Bertz CT molecular complexity index is 538. The molecule has 19 heavy (non-hydrogen) atoms. The van der Waals surface area contributed by atoms with Gasteiger partial charge in [-0.1, -0.05) is 6.92 Å². The SMILES string of the molecule is CCC(NC(=O)c1ccnc(CN)c1)c1ncc[nH]1. The molecule has 0 fully saturated rings. The van der Waals surface area contributed by atoms with Gasteiger partial charge in [0.15, 0.2) is 0 Å². The summed E-state index contributed by atoms with van der Waals surface area (Å²) in [6, 6.07) is 3.24. The number of hydrogen-bond acceptors (Lipinski definition) is 4. The number of pyridine rings is 1. The van der Waals surface area contributed by atoms with Crippen LogP contribution in [0.5, 0.6) is 0 Å². The largest absolute Gasteiger partial charge is 0.347 e. The number of amides is 1. The lowest BCUT2D eigenvalue weighted by Crippen LogP contribution is -2.29. The maximum Gasteiger partial charge on any atom is 0.251 e. The predicted octanol–water partition coefficient (Wildman–Crippen LogP) is 1.14. The second-order valence-electron chi connectivity index (χ2n) is 4.15. The first kappa shape index (κ1) is 13.2. The molecular weight excluding hydrogens is 242 g/mol. The van der Waals surface area contributed by atoms with Gasteiger partial charge in [0.1, 0.15) is 5.82 Å². The van der Waals surface area contributed by atoms with Crippen LogP contribution >= 0.6 is 0 Å². The van der Waals surface area contributed by atoms with Crippen molar-refractivity contribution in [1.29, 1.82) is 0 Å². The summed E-state index contributed by atoms with van der Waals surface area (Å²) in [5.74, 6) is 0.601. The number of rotatable bonds is 5. The van der Waals surface area contributed by atoms with E-state index in [0.29, 0.717) is 17.8 Å². The highest BCUT2D eigenvalue weighted by Gasteiger charge is 2.16. The van der Waals surface area contributed by atoms with Crippen LogP contribution in [0.25, 0.3) is 0 Å². The normalized spacial score (nSPS) is 12.1. The van der Waals surface area contributed by atoms with Gasteiger partial charge in [0.05, 0.1) is 11.7 Å². The number of imidazole rings is 1. The summed E-state index contributed by atoms with van der Waals surface area (Å²) >= 11 is 0. The molecule has 6 heteroatoms. The maximum absolute atomic E-state index is 12.2. The highest BCUT2D eigenvalue weighted by molar-refractivity contribution is 5.94. The summed E-state index contributed by atoms with van der Waals surface area (Å²) in [6.07, 6.45) is 5.76. The van der Waals surface area contributed by atoms with Crippen LogP contribution in [0.15, 0.2) is 30.7 Å². The van der Waals surface area contributed by atoms with Crippen molar-refractivity contribution in [3.8, 4) is 0 Å². The molecule has 1 unspecified atom stereocenters. The van der Waals surface area contributed by atoms with E-state index in [9.17, 15) is 4.79 Å². The number of aromatic amines is 1. The van der Waals surface area contributed by atoms with E-state index in [1.54, 1.807) is 30.7 Å². The van der Waals surface area contributed by atoms with E-state index in [-0.39, 0.29) is 11.9 Å². The maximum atomic E-state index is 12.2. The number of carbonyl (C=O) groups is 1. The predicted molar refractivity (Wildman–Crippen MR) is 71.2 cm³/mol. The zero-order chi connectivity index (χ0) is 13.7. The highest BCUT2D eigenvalue weighted by Crippen LogP contribution is 2.12. The zero-order valence-corrected chi connectivity index (χ0v) is 10.8. The van der Waals surface area contributed by atoms with Gasteiger partial charge in [0.25, 0.3) is 5.91 Å². The van der Waals surface area contributed by atoms with Gasteiger partial charge in [-0.25, -0.2) is 4.98 Å². The second kappa shape index (κ2) is 6.10. The summed E-state index contributed by atoms with van der Waals surface area (Å²) in [6.45, 7) is 2.31. The fourth-order valence-corrected chi connectivity index (χ4v) is 1.80. The van der Waals surface area contributed by atoms with E-state index < -0.39 is 0 Å². The fourth-order valence-electron chi connectivity index (χ4n) is 1.80. The average molecular weight is 259 g/mol. The monoisotopic (exact) mass is 259 g/mol. The lowest BCUT2D eigenvalue weighted by Gasteiger charge is -2.14. The molecule has 1 amide bonds. The Labute approximate surface area is 111 Å². The molecule has 2 aromatic rings. The molecular formula is C13H17N5O.